The Hall–Kier alpha value is -1.99. The number of alkyl halides is 2. The van der Waals surface area contributed by atoms with E-state index in [4.69, 9.17) is 0 Å². The van der Waals surface area contributed by atoms with Crippen LogP contribution in [0.15, 0.2) is 54.6 Å². The Morgan fingerprint density at radius 3 is 1.97 bits per heavy atom. The highest BCUT2D eigenvalue weighted by molar-refractivity contribution is 9.12. The van der Waals surface area contributed by atoms with E-state index in [1.165, 1.54) is 4.90 Å². The van der Waals surface area contributed by atoms with Crippen molar-refractivity contribution in [2.75, 3.05) is 10.2 Å². The van der Waals surface area contributed by atoms with Crippen LogP contribution in [-0.4, -0.2) is 27.4 Å². The van der Waals surface area contributed by atoms with Crippen molar-refractivity contribution in [3.8, 4) is 0 Å². The quantitative estimate of drug-likeness (QED) is 0.489. The summed E-state index contributed by atoms with van der Waals surface area (Å²) in [6.45, 7) is 0. The molecule has 5 nitrogen and oxygen atoms in total. The third-order valence-electron chi connectivity index (χ3n) is 6.41. The van der Waals surface area contributed by atoms with Crippen molar-refractivity contribution in [1.82, 2.24) is 0 Å². The van der Waals surface area contributed by atoms with Crippen LogP contribution in [0, 0.1) is 23.7 Å². The summed E-state index contributed by atoms with van der Waals surface area (Å²) in [6, 6.07) is 15.8. The van der Waals surface area contributed by atoms with E-state index in [2.05, 4.69) is 37.2 Å². The molecular formula is C22H18Br2N2O3. The third-order valence-corrected chi connectivity index (χ3v) is 9.61. The molecule has 6 atom stereocenters. The molecular weight excluding hydrogens is 500 g/mol. The lowest BCUT2D eigenvalue weighted by atomic mass is 9.81. The van der Waals surface area contributed by atoms with Gasteiger partial charge < -0.3 is 5.32 Å². The van der Waals surface area contributed by atoms with Gasteiger partial charge >= 0.3 is 0 Å². The Morgan fingerprint density at radius 2 is 1.41 bits per heavy atom. The molecule has 0 aromatic heterocycles. The zero-order valence-electron chi connectivity index (χ0n) is 15.3. The Kier molecular flexibility index (Phi) is 4.62. The molecule has 2 bridgehead atoms. The molecule has 1 N–H and O–H groups in total. The van der Waals surface area contributed by atoms with Crippen LogP contribution in [0.5, 0.6) is 0 Å². The summed E-state index contributed by atoms with van der Waals surface area (Å²) >= 11 is 7.41. The van der Waals surface area contributed by atoms with Gasteiger partial charge in [-0.1, -0.05) is 50.1 Å². The number of rotatable bonds is 3. The highest BCUT2D eigenvalue weighted by Gasteiger charge is 2.66. The minimum atomic E-state index is -0.233. The first-order chi connectivity index (χ1) is 14.0. The molecule has 0 spiro atoms. The van der Waals surface area contributed by atoms with Crippen molar-refractivity contribution in [3.63, 3.8) is 0 Å². The summed E-state index contributed by atoms with van der Waals surface area (Å²) in [5.41, 5.74) is 1.74. The van der Waals surface area contributed by atoms with E-state index in [1.54, 1.807) is 36.4 Å². The van der Waals surface area contributed by atoms with Crippen molar-refractivity contribution < 1.29 is 14.4 Å². The zero-order chi connectivity index (χ0) is 20.3. The molecule has 1 saturated heterocycles. The van der Waals surface area contributed by atoms with Crippen LogP contribution in [0.3, 0.4) is 0 Å². The molecule has 3 fully saturated rings. The second kappa shape index (κ2) is 7.06. The maximum Gasteiger partial charge on any atom is 0.255 e. The first-order valence-electron chi connectivity index (χ1n) is 9.60. The van der Waals surface area contributed by atoms with Crippen molar-refractivity contribution >= 4 is 61.0 Å². The van der Waals surface area contributed by atoms with Gasteiger partial charge in [-0.2, -0.15) is 0 Å². The summed E-state index contributed by atoms with van der Waals surface area (Å²) in [5.74, 6) is -0.480. The van der Waals surface area contributed by atoms with Crippen LogP contribution in [0.4, 0.5) is 11.4 Å². The average Bonchev–Trinajstić information content (AvgIpc) is 3.34. The number of imide groups is 1. The summed E-state index contributed by atoms with van der Waals surface area (Å²) in [4.78, 5) is 40.2. The van der Waals surface area contributed by atoms with Gasteiger partial charge in [0.25, 0.3) is 5.91 Å². The van der Waals surface area contributed by atoms with Crippen LogP contribution in [0.2, 0.25) is 0 Å². The molecule has 6 unspecified atom stereocenters. The van der Waals surface area contributed by atoms with Gasteiger partial charge in [0.2, 0.25) is 11.8 Å². The lowest BCUT2D eigenvalue weighted by molar-refractivity contribution is -0.123. The summed E-state index contributed by atoms with van der Waals surface area (Å²) in [7, 11) is 0. The number of benzene rings is 2. The molecule has 1 heterocycles. The molecule has 1 aliphatic heterocycles. The van der Waals surface area contributed by atoms with E-state index in [9.17, 15) is 14.4 Å². The molecule has 2 aliphatic carbocycles. The molecule has 0 radical (unpaired) electrons. The second-order valence-electron chi connectivity index (χ2n) is 7.88. The number of fused-ring (bicyclic) bond motifs is 5. The Bertz CT molecular complexity index is 963. The first-order valence-corrected chi connectivity index (χ1v) is 11.4. The predicted molar refractivity (Wildman–Crippen MR) is 117 cm³/mol. The lowest BCUT2D eigenvalue weighted by Gasteiger charge is -2.28. The largest absolute Gasteiger partial charge is 0.322 e. The smallest absolute Gasteiger partial charge is 0.255 e. The van der Waals surface area contributed by atoms with E-state index < -0.39 is 0 Å². The van der Waals surface area contributed by atoms with Gasteiger partial charge in [-0.15, -0.1) is 0 Å². The van der Waals surface area contributed by atoms with E-state index >= 15 is 0 Å². The number of hydrogen-bond acceptors (Lipinski definition) is 3. The van der Waals surface area contributed by atoms with Gasteiger partial charge in [-0.3, -0.25) is 19.3 Å². The maximum absolute atomic E-state index is 13.1. The number of nitrogens with one attached hydrogen (secondary N) is 1. The minimum absolute atomic E-state index is 0.0996. The molecule has 29 heavy (non-hydrogen) atoms. The number of halogens is 2. The number of carbonyl (C=O) groups excluding carboxylic acids is 3. The Balaban J connectivity index is 1.35. The van der Waals surface area contributed by atoms with E-state index in [0.717, 1.165) is 6.42 Å². The van der Waals surface area contributed by atoms with Crippen molar-refractivity contribution in [2.24, 2.45) is 23.7 Å². The maximum atomic E-state index is 13.1. The first kappa shape index (κ1) is 19.0. The Labute approximate surface area is 185 Å². The highest BCUT2D eigenvalue weighted by atomic mass is 79.9. The van der Waals surface area contributed by atoms with Crippen molar-refractivity contribution in [1.29, 1.82) is 0 Å². The number of anilines is 2. The number of nitrogens with zero attached hydrogens (tertiary/aromatic N) is 1. The van der Waals surface area contributed by atoms with Crippen LogP contribution in [0.25, 0.3) is 0 Å². The van der Waals surface area contributed by atoms with Gasteiger partial charge in [0.1, 0.15) is 0 Å². The zero-order valence-corrected chi connectivity index (χ0v) is 18.5. The fraction of sp³-hybridized carbons (Fsp3) is 0.318. The van der Waals surface area contributed by atoms with Crippen LogP contribution in [-0.2, 0) is 9.59 Å². The topological polar surface area (TPSA) is 66.5 Å². The number of carbonyl (C=O) groups is 3. The SMILES string of the molecule is O=C(Nc1ccc(N2C(=O)C3C4CC(C(Br)C4Br)C3C2=O)cc1)c1ccccc1. The standard InChI is InChI=1S/C22H18Br2N2O3/c23-18-14-10-15(19(18)24)17-16(14)21(28)26(22(17)29)13-8-6-12(7-9-13)25-20(27)11-4-2-1-3-5-11/h1-9,14-19H,10H2,(H,25,27). The number of hydrogen-bond donors (Lipinski definition) is 1. The monoisotopic (exact) mass is 516 g/mol. The lowest BCUT2D eigenvalue weighted by Crippen LogP contribution is -2.37. The molecule has 2 aromatic carbocycles. The fourth-order valence-corrected chi connectivity index (χ4v) is 6.96. The van der Waals surface area contributed by atoms with Crippen molar-refractivity contribution in [3.05, 3.63) is 60.2 Å². The van der Waals surface area contributed by atoms with Crippen LogP contribution < -0.4 is 10.2 Å². The van der Waals surface area contributed by atoms with Gasteiger partial charge in [0.15, 0.2) is 0 Å². The highest BCUT2D eigenvalue weighted by Crippen LogP contribution is 2.60. The average molecular weight is 518 g/mol. The molecule has 2 saturated carbocycles. The van der Waals surface area contributed by atoms with E-state index in [0.29, 0.717) is 16.9 Å². The normalized spacial score (nSPS) is 32.6. The van der Waals surface area contributed by atoms with Gasteiger partial charge in [-0.25, -0.2) is 0 Å². The van der Waals surface area contributed by atoms with Gasteiger partial charge in [0, 0.05) is 20.9 Å². The Morgan fingerprint density at radius 1 is 0.862 bits per heavy atom. The molecule has 3 aliphatic rings. The van der Waals surface area contributed by atoms with Gasteiger partial charge in [0.05, 0.1) is 17.5 Å². The number of amides is 3. The van der Waals surface area contributed by atoms with E-state index in [-0.39, 0.29) is 51.0 Å². The van der Waals surface area contributed by atoms with E-state index in [1.807, 2.05) is 18.2 Å². The third kappa shape index (κ3) is 2.89. The van der Waals surface area contributed by atoms with Crippen LogP contribution in [0.1, 0.15) is 16.8 Å². The molecule has 2 aromatic rings. The minimum Gasteiger partial charge on any atom is -0.322 e. The van der Waals surface area contributed by atoms with Gasteiger partial charge in [-0.05, 0) is 54.7 Å². The molecule has 3 amide bonds. The van der Waals surface area contributed by atoms with Crippen LogP contribution >= 0.6 is 31.9 Å². The molecule has 7 heteroatoms. The summed E-state index contributed by atoms with van der Waals surface area (Å²) < 4.78 is 0. The summed E-state index contributed by atoms with van der Waals surface area (Å²) in [6.07, 6.45) is 0.914. The fourth-order valence-electron chi connectivity index (χ4n) is 5.09. The molecule has 148 valence electrons. The molecule has 5 rings (SSSR count). The summed E-state index contributed by atoms with van der Waals surface area (Å²) in [5, 5.41) is 2.83. The van der Waals surface area contributed by atoms with Crippen molar-refractivity contribution in [2.45, 2.75) is 16.1 Å². The second-order valence-corrected chi connectivity index (χ2v) is 10.00. The predicted octanol–water partition coefficient (Wildman–Crippen LogP) is 4.22.